The summed E-state index contributed by atoms with van der Waals surface area (Å²) in [6, 6.07) is 6.47. The van der Waals surface area contributed by atoms with Crippen molar-refractivity contribution in [3.8, 4) is 11.3 Å². The van der Waals surface area contributed by atoms with Crippen molar-refractivity contribution in [1.82, 2.24) is 14.8 Å². The topological polar surface area (TPSA) is 36.4 Å². The van der Waals surface area contributed by atoms with Crippen LogP contribution in [0.4, 0.5) is 4.39 Å². The molecule has 7 heteroatoms. The summed E-state index contributed by atoms with van der Waals surface area (Å²) in [7, 11) is 0. The van der Waals surface area contributed by atoms with Crippen molar-refractivity contribution >= 4 is 29.7 Å². The maximum atomic E-state index is 13.1. The first-order chi connectivity index (χ1) is 13.2. The maximum absolute atomic E-state index is 13.1. The van der Waals surface area contributed by atoms with E-state index in [0.717, 1.165) is 55.4 Å². The fraction of sp³-hybridized carbons (Fsp3) is 0.524. The lowest BCUT2D eigenvalue weighted by Gasteiger charge is -2.34. The molecule has 1 aliphatic heterocycles. The zero-order valence-corrected chi connectivity index (χ0v) is 17.6. The van der Waals surface area contributed by atoms with Crippen LogP contribution in [0.15, 0.2) is 29.6 Å². The summed E-state index contributed by atoms with van der Waals surface area (Å²) in [5, 5.41) is 3.10. The van der Waals surface area contributed by atoms with Crippen LogP contribution in [0, 0.1) is 11.7 Å². The van der Waals surface area contributed by atoms with Crippen LogP contribution >= 0.6 is 23.7 Å². The molecule has 0 spiro atoms. The first-order valence-electron chi connectivity index (χ1n) is 9.88. The second-order valence-corrected chi connectivity index (χ2v) is 8.59. The van der Waals surface area contributed by atoms with Crippen LogP contribution in [0.3, 0.4) is 0 Å². The highest BCUT2D eigenvalue weighted by molar-refractivity contribution is 7.09. The number of benzene rings is 1. The van der Waals surface area contributed by atoms with Crippen molar-refractivity contribution in [1.29, 1.82) is 0 Å². The van der Waals surface area contributed by atoms with Crippen molar-refractivity contribution in [3.05, 3.63) is 40.5 Å². The number of amides is 1. The number of hydrogen-bond acceptors (Lipinski definition) is 4. The molecule has 1 saturated heterocycles. The Morgan fingerprint density at radius 2 is 1.79 bits per heavy atom. The molecule has 2 fully saturated rings. The fourth-order valence-corrected chi connectivity index (χ4v) is 4.92. The van der Waals surface area contributed by atoms with E-state index in [1.807, 2.05) is 10.3 Å². The van der Waals surface area contributed by atoms with Crippen molar-refractivity contribution < 1.29 is 9.18 Å². The highest BCUT2D eigenvalue weighted by Crippen LogP contribution is 2.28. The van der Waals surface area contributed by atoms with Gasteiger partial charge in [-0.1, -0.05) is 12.8 Å². The Labute approximate surface area is 176 Å². The second-order valence-electron chi connectivity index (χ2n) is 7.64. The summed E-state index contributed by atoms with van der Waals surface area (Å²) in [6.45, 7) is 4.27. The summed E-state index contributed by atoms with van der Waals surface area (Å²) in [6.07, 6.45) is 5.78. The van der Waals surface area contributed by atoms with Gasteiger partial charge in [-0.25, -0.2) is 9.37 Å². The lowest BCUT2D eigenvalue weighted by Crippen LogP contribution is -2.48. The molecule has 4 nitrogen and oxygen atoms in total. The van der Waals surface area contributed by atoms with Crippen molar-refractivity contribution in [2.24, 2.45) is 5.92 Å². The largest absolute Gasteiger partial charge is 0.340 e. The molecule has 2 heterocycles. The minimum absolute atomic E-state index is 0. The summed E-state index contributed by atoms with van der Waals surface area (Å²) < 4.78 is 13.1. The van der Waals surface area contributed by atoms with Crippen molar-refractivity contribution in [3.63, 3.8) is 0 Å². The number of piperazine rings is 1. The van der Waals surface area contributed by atoms with Gasteiger partial charge in [0.15, 0.2) is 0 Å². The predicted octanol–water partition coefficient (Wildman–Crippen LogP) is 4.60. The van der Waals surface area contributed by atoms with Gasteiger partial charge in [-0.3, -0.25) is 9.69 Å². The summed E-state index contributed by atoms with van der Waals surface area (Å²) in [4.78, 5) is 21.6. The SMILES string of the molecule is Cl.O=C(CC1CCCC1)N1CCN(Cc2nc(-c3ccc(F)cc3)cs2)CC1. The third-order valence-electron chi connectivity index (χ3n) is 5.71. The standard InChI is InChI=1S/C21H26FN3OS.ClH/c22-18-7-5-17(6-8-18)19-15-27-20(23-19)14-24-9-11-25(12-10-24)21(26)13-16-3-1-2-4-16;/h5-8,15-16H,1-4,9-14H2;1H. The molecule has 1 amide bonds. The number of thiazole rings is 1. The quantitative estimate of drug-likeness (QED) is 0.705. The maximum Gasteiger partial charge on any atom is 0.222 e. The third kappa shape index (κ3) is 5.31. The second kappa shape index (κ2) is 9.81. The molecule has 0 atom stereocenters. The Morgan fingerprint density at radius 1 is 1.11 bits per heavy atom. The van der Waals surface area contributed by atoms with E-state index in [1.54, 1.807) is 23.5 Å². The van der Waals surface area contributed by atoms with Gasteiger partial charge < -0.3 is 4.90 Å². The molecule has 1 aromatic carbocycles. The minimum Gasteiger partial charge on any atom is -0.340 e. The van der Waals surface area contributed by atoms with Gasteiger partial charge >= 0.3 is 0 Å². The molecule has 0 N–H and O–H groups in total. The van der Waals surface area contributed by atoms with Gasteiger partial charge in [0.25, 0.3) is 0 Å². The van der Waals surface area contributed by atoms with Crippen LogP contribution in [-0.2, 0) is 11.3 Å². The fourth-order valence-electron chi connectivity index (χ4n) is 4.07. The van der Waals surface area contributed by atoms with Gasteiger partial charge in [-0.2, -0.15) is 0 Å². The van der Waals surface area contributed by atoms with Gasteiger partial charge in [0.05, 0.1) is 12.2 Å². The number of carbonyl (C=O) groups is 1. The molecule has 2 aromatic rings. The smallest absolute Gasteiger partial charge is 0.222 e. The number of rotatable bonds is 5. The van der Waals surface area contributed by atoms with Crippen LogP contribution in [0.1, 0.15) is 37.1 Å². The van der Waals surface area contributed by atoms with E-state index in [9.17, 15) is 9.18 Å². The molecule has 1 aromatic heterocycles. The first-order valence-corrected chi connectivity index (χ1v) is 10.8. The van der Waals surface area contributed by atoms with E-state index in [2.05, 4.69) is 4.90 Å². The molecular formula is C21H27ClFN3OS. The monoisotopic (exact) mass is 423 g/mol. The number of aromatic nitrogens is 1. The van der Waals surface area contributed by atoms with Crippen LogP contribution in [0.2, 0.25) is 0 Å². The Hall–Kier alpha value is -1.50. The Balaban J connectivity index is 0.00000225. The van der Waals surface area contributed by atoms with E-state index in [-0.39, 0.29) is 18.2 Å². The van der Waals surface area contributed by atoms with Gasteiger partial charge in [-0.15, -0.1) is 23.7 Å². The molecular weight excluding hydrogens is 397 g/mol. The lowest BCUT2D eigenvalue weighted by atomic mass is 10.0. The van der Waals surface area contributed by atoms with Crippen LogP contribution in [0.5, 0.6) is 0 Å². The first kappa shape index (κ1) is 21.2. The van der Waals surface area contributed by atoms with Gasteiger partial charge in [0.2, 0.25) is 5.91 Å². The summed E-state index contributed by atoms with van der Waals surface area (Å²) >= 11 is 1.64. The predicted molar refractivity (Wildman–Crippen MR) is 113 cm³/mol. The van der Waals surface area contributed by atoms with E-state index in [1.165, 1.54) is 37.8 Å². The number of carbonyl (C=O) groups excluding carboxylic acids is 1. The Morgan fingerprint density at radius 3 is 2.46 bits per heavy atom. The minimum atomic E-state index is -0.227. The van der Waals surface area contributed by atoms with Crippen molar-refractivity contribution in [2.45, 2.75) is 38.6 Å². The lowest BCUT2D eigenvalue weighted by molar-refractivity contribution is -0.134. The number of hydrogen-bond donors (Lipinski definition) is 0. The average Bonchev–Trinajstić information content (AvgIpc) is 3.35. The van der Waals surface area contributed by atoms with E-state index >= 15 is 0 Å². The zero-order valence-electron chi connectivity index (χ0n) is 16.0. The van der Waals surface area contributed by atoms with Gasteiger partial charge in [0, 0.05) is 43.5 Å². The van der Waals surface area contributed by atoms with Crippen LogP contribution < -0.4 is 0 Å². The molecule has 1 aliphatic carbocycles. The van der Waals surface area contributed by atoms with E-state index in [0.29, 0.717) is 11.8 Å². The summed E-state index contributed by atoms with van der Waals surface area (Å²) in [5.41, 5.74) is 1.85. The molecule has 0 radical (unpaired) electrons. The van der Waals surface area contributed by atoms with Gasteiger partial charge in [0.1, 0.15) is 10.8 Å². The Bertz CT molecular complexity index is 768. The molecule has 28 heavy (non-hydrogen) atoms. The van der Waals surface area contributed by atoms with Gasteiger partial charge in [-0.05, 0) is 43.0 Å². The molecule has 0 unspecified atom stereocenters. The normalized spacial score (nSPS) is 18.2. The third-order valence-corrected chi connectivity index (χ3v) is 6.55. The molecule has 1 saturated carbocycles. The molecule has 4 rings (SSSR count). The average molecular weight is 424 g/mol. The number of nitrogens with zero attached hydrogens (tertiary/aromatic N) is 3. The van der Waals surface area contributed by atoms with Crippen LogP contribution in [-0.4, -0.2) is 46.9 Å². The zero-order chi connectivity index (χ0) is 18.6. The Kier molecular flexibility index (Phi) is 7.43. The van der Waals surface area contributed by atoms with E-state index in [4.69, 9.17) is 4.98 Å². The highest BCUT2D eigenvalue weighted by atomic mass is 35.5. The summed E-state index contributed by atoms with van der Waals surface area (Å²) in [5.74, 6) is 0.736. The van der Waals surface area contributed by atoms with Crippen LogP contribution in [0.25, 0.3) is 11.3 Å². The molecule has 152 valence electrons. The highest BCUT2D eigenvalue weighted by Gasteiger charge is 2.25. The molecule has 2 aliphatic rings. The van der Waals surface area contributed by atoms with Crippen molar-refractivity contribution in [2.75, 3.05) is 26.2 Å². The van der Waals surface area contributed by atoms with E-state index < -0.39 is 0 Å². The number of halogens is 2. The molecule has 0 bridgehead atoms.